The van der Waals surface area contributed by atoms with Crippen LogP contribution in [-0.2, 0) is 19.6 Å². The second-order valence-corrected chi connectivity index (χ2v) is 8.96. The fraction of sp³-hybridized carbons (Fsp3) is 0.263. The summed E-state index contributed by atoms with van der Waals surface area (Å²) in [7, 11) is -3.45. The van der Waals surface area contributed by atoms with Crippen LogP contribution in [0.3, 0.4) is 0 Å². The van der Waals surface area contributed by atoms with E-state index in [1.165, 1.54) is 29.8 Å². The number of hydrogen-bond donors (Lipinski definition) is 2. The highest BCUT2D eigenvalue weighted by Crippen LogP contribution is 2.17. The molecular formula is C19H22N2O5S2. The number of ether oxygens (including phenoxy) is 1. The van der Waals surface area contributed by atoms with Gasteiger partial charge in [-0.3, -0.25) is 9.52 Å². The molecule has 7 nitrogen and oxygen atoms in total. The van der Waals surface area contributed by atoms with Crippen LogP contribution >= 0.6 is 11.8 Å². The molecule has 28 heavy (non-hydrogen) atoms. The molecule has 0 aliphatic rings. The molecule has 2 rings (SSSR count). The average Bonchev–Trinajstić information content (AvgIpc) is 2.63. The normalized spacial score (nSPS) is 10.9. The van der Waals surface area contributed by atoms with E-state index < -0.39 is 28.5 Å². The number of nitrogens with one attached hydrogen (secondary N) is 2. The zero-order valence-corrected chi connectivity index (χ0v) is 17.2. The van der Waals surface area contributed by atoms with Crippen LogP contribution in [0.4, 0.5) is 5.69 Å². The molecule has 0 spiro atoms. The van der Waals surface area contributed by atoms with E-state index in [9.17, 15) is 18.0 Å². The second kappa shape index (κ2) is 10.1. The van der Waals surface area contributed by atoms with Crippen LogP contribution in [-0.4, -0.2) is 45.5 Å². The molecular weight excluding hydrogens is 400 g/mol. The lowest BCUT2D eigenvalue weighted by atomic mass is 10.2. The summed E-state index contributed by atoms with van der Waals surface area (Å²) in [6.07, 6.45) is 1.01. The van der Waals surface area contributed by atoms with Crippen molar-refractivity contribution in [2.75, 3.05) is 29.9 Å². The van der Waals surface area contributed by atoms with Crippen LogP contribution in [0.2, 0.25) is 0 Å². The summed E-state index contributed by atoms with van der Waals surface area (Å²) in [6.45, 7) is 2.06. The Balaban J connectivity index is 1.72. The Morgan fingerprint density at radius 3 is 2.50 bits per heavy atom. The van der Waals surface area contributed by atoms with E-state index in [-0.39, 0.29) is 11.3 Å². The van der Waals surface area contributed by atoms with Crippen molar-refractivity contribution in [1.82, 2.24) is 5.32 Å². The summed E-state index contributed by atoms with van der Waals surface area (Å²) in [6, 6.07) is 14.0. The number of sulfonamides is 1. The van der Waals surface area contributed by atoms with E-state index in [2.05, 4.69) is 10.0 Å². The molecule has 0 bridgehead atoms. The number of thioether (sulfide) groups is 1. The van der Waals surface area contributed by atoms with E-state index >= 15 is 0 Å². The maximum atomic E-state index is 12.0. The third-order valence-electron chi connectivity index (χ3n) is 3.45. The van der Waals surface area contributed by atoms with Gasteiger partial charge in [-0.05, 0) is 37.3 Å². The summed E-state index contributed by atoms with van der Waals surface area (Å²) < 4.78 is 29.7. The maximum absolute atomic E-state index is 12.0. The van der Waals surface area contributed by atoms with E-state index in [1.54, 1.807) is 11.8 Å². The second-order valence-electron chi connectivity index (χ2n) is 6.04. The number of benzene rings is 2. The van der Waals surface area contributed by atoms with E-state index in [4.69, 9.17) is 4.74 Å². The van der Waals surface area contributed by atoms with Crippen molar-refractivity contribution >= 4 is 39.3 Å². The smallest absolute Gasteiger partial charge is 0.338 e. The Morgan fingerprint density at radius 2 is 1.82 bits per heavy atom. The number of amides is 1. The molecule has 2 N–H and O–H groups in total. The predicted molar refractivity (Wildman–Crippen MR) is 110 cm³/mol. The van der Waals surface area contributed by atoms with Crippen molar-refractivity contribution in [2.24, 2.45) is 0 Å². The topological polar surface area (TPSA) is 102 Å². The number of carbonyl (C=O) groups is 2. The Bertz CT molecular complexity index is 928. The van der Waals surface area contributed by atoms with Gasteiger partial charge in [-0.1, -0.05) is 23.8 Å². The van der Waals surface area contributed by atoms with E-state index in [0.717, 1.165) is 11.2 Å². The first-order valence-corrected chi connectivity index (χ1v) is 11.3. The minimum Gasteiger partial charge on any atom is -0.452 e. The first-order chi connectivity index (χ1) is 13.2. The molecule has 0 saturated carbocycles. The van der Waals surface area contributed by atoms with Gasteiger partial charge in [0.05, 0.1) is 11.8 Å². The van der Waals surface area contributed by atoms with Crippen molar-refractivity contribution in [3.05, 3.63) is 59.7 Å². The summed E-state index contributed by atoms with van der Waals surface area (Å²) in [5.74, 6) is -0.410. The number of hydrogen-bond acceptors (Lipinski definition) is 6. The van der Waals surface area contributed by atoms with Gasteiger partial charge >= 0.3 is 5.97 Å². The van der Waals surface area contributed by atoms with Crippen LogP contribution in [0.1, 0.15) is 15.9 Å². The molecule has 1 amide bonds. The van der Waals surface area contributed by atoms with Gasteiger partial charge in [-0.2, -0.15) is 0 Å². The average molecular weight is 423 g/mol. The third-order valence-corrected chi connectivity index (χ3v) is 5.07. The van der Waals surface area contributed by atoms with Crippen LogP contribution in [0.25, 0.3) is 0 Å². The van der Waals surface area contributed by atoms with Gasteiger partial charge in [0.2, 0.25) is 10.0 Å². The standard InChI is InChI=1S/C19H22N2O5S2/c1-14-6-8-17(9-7-14)27-11-10-20-18(22)13-26-19(23)15-4-3-5-16(12-15)21-28(2,24)25/h3-9,12,21H,10-11,13H2,1-2H3,(H,20,22). The summed E-state index contributed by atoms with van der Waals surface area (Å²) in [5.41, 5.74) is 1.59. The Kier molecular flexibility index (Phi) is 7.89. The monoisotopic (exact) mass is 422 g/mol. The lowest BCUT2D eigenvalue weighted by molar-refractivity contribution is -0.124. The molecule has 0 aliphatic heterocycles. The first kappa shape index (κ1) is 21.8. The molecule has 0 radical (unpaired) electrons. The number of aryl methyl sites for hydroxylation is 1. The fourth-order valence-electron chi connectivity index (χ4n) is 2.18. The van der Waals surface area contributed by atoms with Gasteiger partial charge in [-0.15, -0.1) is 11.8 Å². The summed E-state index contributed by atoms with van der Waals surface area (Å²) >= 11 is 1.62. The van der Waals surface area contributed by atoms with Gasteiger partial charge < -0.3 is 10.1 Å². The quantitative estimate of drug-likeness (QED) is 0.366. The van der Waals surface area contributed by atoms with Crippen molar-refractivity contribution in [3.8, 4) is 0 Å². The van der Waals surface area contributed by atoms with Gasteiger partial charge in [0.25, 0.3) is 5.91 Å². The highest BCUT2D eigenvalue weighted by molar-refractivity contribution is 7.99. The zero-order chi connectivity index (χ0) is 20.6. The van der Waals surface area contributed by atoms with E-state index in [1.807, 2.05) is 31.2 Å². The fourth-order valence-corrected chi connectivity index (χ4v) is 3.51. The molecule has 0 saturated heterocycles. The first-order valence-electron chi connectivity index (χ1n) is 8.44. The largest absolute Gasteiger partial charge is 0.452 e. The third kappa shape index (κ3) is 8.01. The predicted octanol–water partition coefficient (Wildman–Crippen LogP) is 2.43. The number of carbonyl (C=O) groups excluding carboxylic acids is 2. The van der Waals surface area contributed by atoms with Crippen molar-refractivity contribution in [2.45, 2.75) is 11.8 Å². The number of anilines is 1. The maximum Gasteiger partial charge on any atom is 0.338 e. The van der Waals surface area contributed by atoms with Crippen molar-refractivity contribution in [3.63, 3.8) is 0 Å². The highest BCUT2D eigenvalue weighted by Gasteiger charge is 2.11. The lowest BCUT2D eigenvalue weighted by Gasteiger charge is -2.08. The molecule has 0 heterocycles. The van der Waals surface area contributed by atoms with Gasteiger partial charge in [0, 0.05) is 22.9 Å². The highest BCUT2D eigenvalue weighted by atomic mass is 32.2. The summed E-state index contributed by atoms with van der Waals surface area (Å²) in [5, 5.41) is 2.68. The van der Waals surface area contributed by atoms with Crippen molar-refractivity contribution in [1.29, 1.82) is 0 Å². The molecule has 0 unspecified atom stereocenters. The minimum atomic E-state index is -3.45. The molecule has 2 aromatic rings. The van der Waals surface area contributed by atoms with Crippen LogP contribution in [0.15, 0.2) is 53.4 Å². The van der Waals surface area contributed by atoms with E-state index in [0.29, 0.717) is 12.3 Å². The number of esters is 1. The lowest BCUT2D eigenvalue weighted by Crippen LogP contribution is -2.30. The molecule has 0 aliphatic carbocycles. The molecule has 9 heteroatoms. The number of rotatable bonds is 9. The van der Waals surface area contributed by atoms with Gasteiger partial charge in [-0.25, -0.2) is 13.2 Å². The Morgan fingerprint density at radius 1 is 1.11 bits per heavy atom. The molecule has 150 valence electrons. The van der Waals surface area contributed by atoms with Gasteiger partial charge in [0.1, 0.15) is 0 Å². The zero-order valence-electron chi connectivity index (χ0n) is 15.6. The van der Waals surface area contributed by atoms with Gasteiger partial charge in [0.15, 0.2) is 6.61 Å². The molecule has 0 fully saturated rings. The van der Waals surface area contributed by atoms with Crippen LogP contribution in [0.5, 0.6) is 0 Å². The van der Waals surface area contributed by atoms with Crippen LogP contribution < -0.4 is 10.0 Å². The Labute approximate surface area is 168 Å². The molecule has 2 aromatic carbocycles. The summed E-state index contributed by atoms with van der Waals surface area (Å²) in [4.78, 5) is 24.9. The minimum absolute atomic E-state index is 0.149. The molecule has 0 atom stereocenters. The SMILES string of the molecule is Cc1ccc(SCCNC(=O)COC(=O)c2cccc(NS(C)(=O)=O)c2)cc1. The Hall–Kier alpha value is -2.52. The molecule has 0 aromatic heterocycles. The van der Waals surface area contributed by atoms with Crippen molar-refractivity contribution < 1.29 is 22.7 Å². The van der Waals surface area contributed by atoms with Crippen LogP contribution in [0, 0.1) is 6.92 Å².